The highest BCUT2D eigenvalue weighted by atomic mass is 32.2. The van der Waals surface area contributed by atoms with E-state index in [1.54, 1.807) is 36.4 Å². The van der Waals surface area contributed by atoms with Crippen LogP contribution in [0.1, 0.15) is 69.8 Å². The average Bonchev–Trinajstić information content (AvgIpc) is 3.23. The molecule has 11 nitrogen and oxygen atoms in total. The third-order valence-electron chi connectivity index (χ3n) is 10.2. The Balaban J connectivity index is 0.000000251. The smallest absolute Gasteiger partial charge is 0.264 e. The lowest BCUT2D eigenvalue weighted by molar-refractivity contribution is 0.161. The first-order valence-electron chi connectivity index (χ1n) is 19.9. The third kappa shape index (κ3) is 17.9. The minimum absolute atomic E-state index is 0.299. The highest BCUT2D eigenvalue weighted by Crippen LogP contribution is 2.24. The normalized spacial score (nSPS) is 15.4. The van der Waals surface area contributed by atoms with Gasteiger partial charge in [0, 0.05) is 13.1 Å². The van der Waals surface area contributed by atoms with E-state index in [0.29, 0.717) is 42.7 Å². The number of hydrogen-bond donors (Lipinski definition) is 0. The summed E-state index contributed by atoms with van der Waals surface area (Å²) in [6.07, 6.45) is 12.1. The molecule has 0 spiro atoms. The maximum absolute atomic E-state index is 10.9. The van der Waals surface area contributed by atoms with Crippen molar-refractivity contribution in [3.8, 4) is 23.3 Å². The van der Waals surface area contributed by atoms with E-state index in [-0.39, 0.29) is 0 Å². The molecule has 2 heterocycles. The van der Waals surface area contributed by atoms with Gasteiger partial charge in [-0.05, 0) is 151 Å². The van der Waals surface area contributed by atoms with Gasteiger partial charge in [0.1, 0.15) is 17.2 Å². The number of rotatable bonds is 20. The molecule has 300 valence electrons. The molecule has 2 fully saturated rings. The molecule has 0 saturated carbocycles. The number of hydrogen-bond acceptors (Lipinski definition) is 9. The Morgan fingerprint density at radius 3 is 1.38 bits per heavy atom. The van der Waals surface area contributed by atoms with E-state index >= 15 is 0 Å². The van der Waals surface area contributed by atoms with E-state index in [9.17, 15) is 8.42 Å². The Kier molecular flexibility index (Phi) is 19.5. The number of nitrogens with zero attached hydrogens (tertiary/aromatic N) is 5. The number of ether oxygens (including phenoxy) is 3. The molecule has 0 amide bonds. The molecule has 2 saturated heterocycles. The zero-order valence-corrected chi connectivity index (χ0v) is 33.6. The maximum Gasteiger partial charge on any atom is 0.264 e. The summed E-state index contributed by atoms with van der Waals surface area (Å²) >= 11 is 0. The van der Waals surface area contributed by atoms with Gasteiger partial charge in [-0.1, -0.05) is 24.3 Å². The first kappa shape index (κ1) is 44.1. The van der Waals surface area contributed by atoms with Crippen LogP contribution in [0.3, 0.4) is 0 Å². The molecule has 0 unspecified atom stereocenters. The van der Waals surface area contributed by atoms with Gasteiger partial charge in [-0.3, -0.25) is 4.18 Å². The number of benzene rings is 3. The van der Waals surface area contributed by atoms with Crippen LogP contribution >= 0.6 is 0 Å². The Hall–Kier alpha value is -4.64. The number of likely N-dealkylation sites (tertiary alicyclic amines) is 2. The van der Waals surface area contributed by atoms with Crippen LogP contribution in [0.15, 0.2) is 72.8 Å². The Bertz CT molecular complexity index is 1710. The lowest BCUT2D eigenvalue weighted by Crippen LogP contribution is -2.35. The van der Waals surface area contributed by atoms with Gasteiger partial charge in [0.2, 0.25) is 0 Å². The Morgan fingerprint density at radius 2 is 1.00 bits per heavy atom. The number of piperidine rings is 2. The topological polar surface area (TPSA) is 110 Å². The quantitative estimate of drug-likeness (QED) is 0.0631. The zero-order valence-electron chi connectivity index (χ0n) is 32.8. The van der Waals surface area contributed by atoms with Gasteiger partial charge in [0.25, 0.3) is 10.1 Å². The summed E-state index contributed by atoms with van der Waals surface area (Å²) in [5, 5.41) is 8.82. The predicted molar refractivity (Wildman–Crippen MR) is 220 cm³/mol. The molecule has 3 aromatic carbocycles. The van der Waals surface area contributed by atoms with Crippen molar-refractivity contribution >= 4 is 21.5 Å². The van der Waals surface area contributed by atoms with E-state index < -0.39 is 10.1 Å². The second-order valence-corrected chi connectivity index (χ2v) is 16.1. The van der Waals surface area contributed by atoms with Gasteiger partial charge < -0.3 is 24.0 Å². The van der Waals surface area contributed by atoms with Gasteiger partial charge in [0.15, 0.2) is 11.4 Å². The van der Waals surface area contributed by atoms with Crippen LogP contribution in [0.25, 0.3) is 9.69 Å². The lowest BCUT2D eigenvalue weighted by atomic mass is 9.92. The van der Waals surface area contributed by atoms with Gasteiger partial charge in [0.05, 0.1) is 57.5 Å². The predicted octanol–water partition coefficient (Wildman–Crippen LogP) is 8.92. The van der Waals surface area contributed by atoms with E-state index in [4.69, 9.17) is 36.8 Å². The highest BCUT2D eigenvalue weighted by Gasteiger charge is 2.20. The molecule has 0 aromatic heterocycles. The van der Waals surface area contributed by atoms with Crippen molar-refractivity contribution in [3.63, 3.8) is 0 Å². The molecule has 56 heavy (non-hydrogen) atoms. The van der Waals surface area contributed by atoms with Gasteiger partial charge in [-0.15, -0.1) is 0 Å². The summed E-state index contributed by atoms with van der Waals surface area (Å²) in [6.45, 7) is 23.0. The molecule has 0 bridgehead atoms. The Labute approximate surface area is 334 Å². The summed E-state index contributed by atoms with van der Waals surface area (Å²) < 4.78 is 43.9. The monoisotopic (exact) mass is 783 g/mol. The Morgan fingerprint density at radius 1 is 0.625 bits per heavy atom. The van der Waals surface area contributed by atoms with Crippen LogP contribution in [0, 0.1) is 36.3 Å². The van der Waals surface area contributed by atoms with Crippen molar-refractivity contribution in [2.24, 2.45) is 11.8 Å². The van der Waals surface area contributed by atoms with Gasteiger partial charge >= 0.3 is 0 Å². The summed E-state index contributed by atoms with van der Waals surface area (Å²) in [5.41, 5.74) is 1.94. The van der Waals surface area contributed by atoms with E-state index in [1.807, 2.05) is 36.4 Å². The minimum atomic E-state index is -3.31. The molecule has 0 N–H and O–H groups in total. The summed E-state index contributed by atoms with van der Waals surface area (Å²) in [5.74, 6) is 3.96. The fourth-order valence-corrected chi connectivity index (χ4v) is 7.38. The maximum atomic E-state index is 10.9. The first-order valence-corrected chi connectivity index (χ1v) is 21.7. The lowest BCUT2D eigenvalue weighted by Gasteiger charge is -2.32. The molecule has 12 heteroatoms. The van der Waals surface area contributed by atoms with E-state index in [2.05, 4.69) is 25.6 Å². The fraction of sp³-hybridized carbons (Fsp3) is 0.523. The van der Waals surface area contributed by atoms with Crippen LogP contribution in [0.5, 0.6) is 17.2 Å². The minimum Gasteiger partial charge on any atom is -0.494 e. The molecule has 2 aliphatic heterocycles. The van der Waals surface area contributed by atoms with Crippen molar-refractivity contribution in [1.29, 1.82) is 5.26 Å². The van der Waals surface area contributed by atoms with Gasteiger partial charge in [-0.2, -0.15) is 13.7 Å². The van der Waals surface area contributed by atoms with Crippen LogP contribution in [0.2, 0.25) is 0 Å². The second kappa shape index (κ2) is 24.8. The van der Waals surface area contributed by atoms with Crippen molar-refractivity contribution in [2.45, 2.75) is 64.2 Å². The number of nitriles is 1. The average molecular weight is 784 g/mol. The molecule has 0 aliphatic carbocycles. The highest BCUT2D eigenvalue weighted by molar-refractivity contribution is 7.85. The van der Waals surface area contributed by atoms with Crippen molar-refractivity contribution < 1.29 is 26.8 Å². The van der Waals surface area contributed by atoms with E-state index in [1.165, 1.54) is 32.4 Å². The fourth-order valence-electron chi connectivity index (χ4n) is 6.96. The molecule has 2 aliphatic rings. The molecule has 5 rings (SSSR count). The van der Waals surface area contributed by atoms with Crippen LogP contribution in [-0.4, -0.2) is 90.2 Å². The van der Waals surface area contributed by atoms with Gasteiger partial charge in [-0.25, -0.2) is 9.69 Å². The largest absolute Gasteiger partial charge is 0.494 e. The van der Waals surface area contributed by atoms with Crippen molar-refractivity contribution in [1.82, 2.24) is 9.80 Å². The SMILES string of the molecule is [C-]#[N+]c1ccc(OCCCN2CCC(CCCOS(C)(=O)=O)CC2)cc1.[C-]#[N+]c1ccc(OCCCN2CCC(CCCOc3ccc(C#N)cc3)CC2)cc1. The zero-order chi connectivity index (χ0) is 39.9. The molecule has 3 aromatic rings. The summed E-state index contributed by atoms with van der Waals surface area (Å²) in [4.78, 5) is 11.8. The molecular formula is C44H57N5O6S. The summed E-state index contributed by atoms with van der Waals surface area (Å²) in [7, 11) is -3.31. The van der Waals surface area contributed by atoms with Crippen LogP contribution in [0.4, 0.5) is 11.4 Å². The standard InChI is InChI=1S/C25H29N3O2.C19H28N2O4S/c1-27-23-7-11-25(12-8-23)30-19-3-15-28-16-13-21(14-17-28)4-2-18-29-24-9-5-22(20-26)6-10-24;1-20-18-6-8-19(9-7-18)24-15-4-12-21-13-10-17(11-14-21)5-3-16-25-26(2,22)23/h5-12,21H,2-4,13-19H2;6-9,17H,3-5,10-16H2,2H3. The second-order valence-electron chi connectivity index (χ2n) is 14.5. The van der Waals surface area contributed by atoms with Crippen LogP contribution < -0.4 is 14.2 Å². The third-order valence-corrected chi connectivity index (χ3v) is 10.8. The van der Waals surface area contributed by atoms with Crippen molar-refractivity contribution in [3.05, 3.63) is 101 Å². The molecular weight excluding hydrogens is 727 g/mol. The van der Waals surface area contributed by atoms with Crippen LogP contribution in [-0.2, 0) is 14.3 Å². The van der Waals surface area contributed by atoms with E-state index in [0.717, 1.165) is 107 Å². The van der Waals surface area contributed by atoms with Crippen molar-refractivity contribution in [2.75, 3.05) is 72.0 Å². The molecule has 0 atom stereocenters. The molecule has 0 radical (unpaired) electrons. The first-order chi connectivity index (χ1) is 27.2. The summed E-state index contributed by atoms with van der Waals surface area (Å²) in [6, 6.07) is 24.0.